The fourth-order valence-electron chi connectivity index (χ4n) is 4.58. The summed E-state index contributed by atoms with van der Waals surface area (Å²) in [6.07, 6.45) is -0.116. The molecule has 3 aliphatic heterocycles. The van der Waals surface area contributed by atoms with E-state index < -0.39 is 0 Å². The van der Waals surface area contributed by atoms with Gasteiger partial charge in [0.25, 0.3) is 0 Å². The largest absolute Gasteiger partial charge is 0.493 e. The molecule has 0 N–H and O–H groups in total. The lowest BCUT2D eigenvalue weighted by Gasteiger charge is -2.18. The molecule has 2 fully saturated rings. The summed E-state index contributed by atoms with van der Waals surface area (Å²) in [6, 6.07) is 9.90. The van der Waals surface area contributed by atoms with Gasteiger partial charge in [-0.05, 0) is 35.4 Å². The Balaban J connectivity index is 1.41. The van der Waals surface area contributed by atoms with Crippen LogP contribution in [0.25, 0.3) is 0 Å². The fraction of sp³-hybridized carbons (Fsp3) is 0.455. The molecule has 7 heteroatoms. The monoisotopic (exact) mass is 400 g/mol. The van der Waals surface area contributed by atoms with Crippen molar-refractivity contribution >= 4 is 0 Å². The topological polar surface area (TPSA) is 64.6 Å². The summed E-state index contributed by atoms with van der Waals surface area (Å²) in [6.45, 7) is 1.47. The molecular formula is C22H24O7. The van der Waals surface area contributed by atoms with E-state index >= 15 is 0 Å². The van der Waals surface area contributed by atoms with Crippen LogP contribution in [0.2, 0.25) is 0 Å². The van der Waals surface area contributed by atoms with E-state index in [1.165, 1.54) is 0 Å². The van der Waals surface area contributed by atoms with Gasteiger partial charge >= 0.3 is 0 Å². The van der Waals surface area contributed by atoms with Crippen molar-refractivity contribution in [2.45, 2.75) is 12.2 Å². The lowest BCUT2D eigenvalue weighted by atomic mass is 9.85. The van der Waals surface area contributed by atoms with E-state index in [0.29, 0.717) is 42.0 Å². The average Bonchev–Trinajstić information content (AvgIpc) is 3.48. The van der Waals surface area contributed by atoms with Crippen LogP contribution in [0.4, 0.5) is 0 Å². The molecule has 154 valence electrons. The molecule has 0 saturated carbocycles. The van der Waals surface area contributed by atoms with Gasteiger partial charge in [-0.1, -0.05) is 6.07 Å². The molecule has 29 heavy (non-hydrogen) atoms. The Kier molecular flexibility index (Phi) is 4.64. The van der Waals surface area contributed by atoms with Crippen molar-refractivity contribution in [1.82, 2.24) is 0 Å². The Morgan fingerprint density at radius 1 is 0.724 bits per heavy atom. The summed E-state index contributed by atoms with van der Waals surface area (Å²) in [5.41, 5.74) is 2.10. The average molecular weight is 400 g/mol. The van der Waals surface area contributed by atoms with Gasteiger partial charge in [-0.25, -0.2) is 0 Å². The summed E-state index contributed by atoms with van der Waals surface area (Å²) < 4.78 is 39.8. The van der Waals surface area contributed by atoms with Crippen LogP contribution < -0.4 is 23.7 Å². The maximum absolute atomic E-state index is 6.23. The summed E-state index contributed by atoms with van der Waals surface area (Å²) in [7, 11) is 4.90. The molecule has 0 spiro atoms. The second-order valence-electron chi connectivity index (χ2n) is 7.41. The first-order chi connectivity index (χ1) is 14.2. The van der Waals surface area contributed by atoms with Crippen molar-refractivity contribution in [3.63, 3.8) is 0 Å². The molecule has 2 aromatic rings. The highest BCUT2D eigenvalue weighted by atomic mass is 16.7. The van der Waals surface area contributed by atoms with E-state index in [1.54, 1.807) is 21.3 Å². The number of methoxy groups -OCH3 is 3. The van der Waals surface area contributed by atoms with E-state index in [-0.39, 0.29) is 30.8 Å². The van der Waals surface area contributed by atoms with Gasteiger partial charge in [-0.2, -0.15) is 0 Å². The molecule has 0 amide bonds. The van der Waals surface area contributed by atoms with Crippen molar-refractivity contribution in [2.24, 2.45) is 11.8 Å². The van der Waals surface area contributed by atoms with Gasteiger partial charge in [-0.15, -0.1) is 0 Å². The number of hydrogen-bond donors (Lipinski definition) is 0. The molecule has 3 heterocycles. The Hall–Kier alpha value is -2.64. The van der Waals surface area contributed by atoms with Gasteiger partial charge in [0.15, 0.2) is 23.0 Å². The predicted octanol–water partition coefficient (Wildman–Crippen LogP) is 3.52. The fourth-order valence-corrected chi connectivity index (χ4v) is 4.58. The number of fused-ring (bicyclic) bond motifs is 2. The van der Waals surface area contributed by atoms with Gasteiger partial charge in [0, 0.05) is 11.8 Å². The van der Waals surface area contributed by atoms with Crippen molar-refractivity contribution in [1.29, 1.82) is 0 Å². The first-order valence-corrected chi connectivity index (χ1v) is 9.66. The van der Waals surface area contributed by atoms with Crippen LogP contribution in [-0.4, -0.2) is 41.3 Å². The SMILES string of the molecule is COc1ccc([C@@H]2OC[C@H]3[C@@H]2CO[C@@H]3c2cc(OC)c3c(c2)OCO3)cc1OC. The highest BCUT2D eigenvalue weighted by molar-refractivity contribution is 5.55. The predicted molar refractivity (Wildman–Crippen MR) is 103 cm³/mol. The molecule has 0 unspecified atom stereocenters. The Labute approximate surface area is 169 Å². The van der Waals surface area contributed by atoms with Crippen molar-refractivity contribution < 1.29 is 33.2 Å². The van der Waals surface area contributed by atoms with Crippen LogP contribution in [-0.2, 0) is 9.47 Å². The van der Waals surface area contributed by atoms with Crippen molar-refractivity contribution in [3.05, 3.63) is 41.5 Å². The van der Waals surface area contributed by atoms with Crippen molar-refractivity contribution in [2.75, 3.05) is 41.3 Å². The van der Waals surface area contributed by atoms with Crippen LogP contribution in [0.1, 0.15) is 23.3 Å². The summed E-state index contributed by atoms with van der Waals surface area (Å²) in [4.78, 5) is 0. The van der Waals surface area contributed by atoms with E-state index in [0.717, 1.165) is 11.1 Å². The molecule has 7 nitrogen and oxygen atoms in total. The maximum Gasteiger partial charge on any atom is 0.231 e. The third kappa shape index (κ3) is 2.96. The first-order valence-electron chi connectivity index (χ1n) is 9.66. The number of hydrogen-bond acceptors (Lipinski definition) is 7. The third-order valence-corrected chi connectivity index (χ3v) is 6.01. The lowest BCUT2D eigenvalue weighted by Crippen LogP contribution is -2.14. The zero-order valence-corrected chi connectivity index (χ0v) is 16.7. The smallest absolute Gasteiger partial charge is 0.231 e. The quantitative estimate of drug-likeness (QED) is 0.761. The van der Waals surface area contributed by atoms with E-state index in [2.05, 4.69) is 0 Å². The van der Waals surface area contributed by atoms with Gasteiger partial charge < -0.3 is 33.2 Å². The van der Waals surface area contributed by atoms with Crippen LogP contribution in [0.5, 0.6) is 28.7 Å². The van der Waals surface area contributed by atoms with Crippen LogP contribution in [0.15, 0.2) is 30.3 Å². The first kappa shape index (κ1) is 18.4. The zero-order valence-electron chi connectivity index (χ0n) is 16.7. The third-order valence-electron chi connectivity index (χ3n) is 6.01. The molecule has 0 aromatic heterocycles. The maximum atomic E-state index is 6.23. The van der Waals surface area contributed by atoms with Crippen LogP contribution >= 0.6 is 0 Å². The van der Waals surface area contributed by atoms with Crippen molar-refractivity contribution in [3.8, 4) is 28.7 Å². The molecule has 2 aromatic carbocycles. The van der Waals surface area contributed by atoms with Crippen LogP contribution in [0, 0.1) is 11.8 Å². The van der Waals surface area contributed by atoms with Crippen LogP contribution in [0.3, 0.4) is 0 Å². The summed E-state index contributed by atoms with van der Waals surface area (Å²) >= 11 is 0. The molecule has 0 radical (unpaired) electrons. The standard InChI is InChI=1S/C22H24O7/c1-23-16-5-4-12(6-17(16)24-2)20-14-9-27-21(15(14)10-26-20)13-7-18(25-3)22-19(8-13)28-11-29-22/h4-8,14-15,20-21H,9-11H2,1-3H3/t14-,15-,20-,21+/m0/s1. The van der Waals surface area contributed by atoms with Gasteiger partial charge in [0.1, 0.15) is 0 Å². The molecule has 3 aliphatic rings. The normalized spacial score (nSPS) is 27.0. The zero-order chi connectivity index (χ0) is 20.0. The molecule has 2 saturated heterocycles. The molecule has 5 rings (SSSR count). The number of benzene rings is 2. The Bertz CT molecular complexity index is 912. The minimum absolute atomic E-state index is 0.0410. The van der Waals surface area contributed by atoms with Gasteiger partial charge in [0.05, 0.1) is 46.8 Å². The highest BCUT2D eigenvalue weighted by Crippen LogP contribution is 2.53. The Morgan fingerprint density at radius 2 is 1.38 bits per heavy atom. The Morgan fingerprint density at radius 3 is 2.07 bits per heavy atom. The molecule has 0 bridgehead atoms. The lowest BCUT2D eigenvalue weighted by molar-refractivity contribution is 0.0191. The summed E-state index contributed by atoms with van der Waals surface area (Å²) in [5, 5.41) is 0. The second kappa shape index (κ2) is 7.31. The molecular weight excluding hydrogens is 376 g/mol. The minimum atomic E-state index is -0.0754. The number of rotatable bonds is 5. The van der Waals surface area contributed by atoms with Gasteiger partial charge in [-0.3, -0.25) is 0 Å². The highest BCUT2D eigenvalue weighted by Gasteiger charge is 2.48. The van der Waals surface area contributed by atoms with Gasteiger partial charge in [0.2, 0.25) is 12.5 Å². The number of ether oxygens (including phenoxy) is 7. The summed E-state index contributed by atoms with van der Waals surface area (Å²) in [5.74, 6) is 3.93. The second-order valence-corrected chi connectivity index (χ2v) is 7.41. The molecule has 4 atom stereocenters. The minimum Gasteiger partial charge on any atom is -0.493 e. The van der Waals surface area contributed by atoms with E-state index in [1.807, 2.05) is 30.3 Å². The van der Waals surface area contributed by atoms with E-state index in [9.17, 15) is 0 Å². The molecule has 0 aliphatic carbocycles. The van der Waals surface area contributed by atoms with E-state index in [4.69, 9.17) is 33.2 Å².